The number of hydrogen-bond donors (Lipinski definition) is 6. The minimum Gasteiger partial charge on any atom is -0.550 e. The van der Waals surface area contributed by atoms with Crippen molar-refractivity contribution in [3.8, 4) is 0 Å². The Bertz CT molecular complexity index is 2060. The van der Waals surface area contributed by atoms with Crippen molar-refractivity contribution in [1.82, 2.24) is 0 Å². The third kappa shape index (κ3) is 172. The zero-order chi connectivity index (χ0) is 74.7. The molecule has 516 valence electrons. The first-order valence-electron chi connectivity index (χ1n) is 23.7. The van der Waals surface area contributed by atoms with Crippen molar-refractivity contribution >= 4 is 175 Å². The van der Waals surface area contributed by atoms with E-state index in [1.807, 2.05) is 54.6 Å². The van der Waals surface area contributed by atoms with Gasteiger partial charge in [0, 0.05) is 86.4 Å². The Morgan fingerprint density at radius 1 is 0.277 bits per heavy atom. The van der Waals surface area contributed by atoms with Gasteiger partial charge in [0.15, 0.2) is 0 Å². The van der Waals surface area contributed by atoms with Crippen LogP contribution in [0, 0.1) is 30.3 Å². The molecule has 3 aromatic carbocycles. The Balaban J connectivity index is -0.0000000515. The number of rotatable bonds is 12. The number of carbonyl (C=O) groups excluding carboxylic acids is 12. The number of nitrogens with zero attached hydrogens (tertiary/aromatic N) is 3. The molecule has 0 aliphatic carbocycles. The molecule has 0 aliphatic heterocycles. The predicted octanol–water partition coefficient (Wildman–Crippen LogP) is -16.1. The molecule has 0 aromatic heterocycles. The molecular formula is C51H75In4N9O30. The molecule has 0 bridgehead atoms. The second-order valence-electron chi connectivity index (χ2n) is 15.6. The topological polar surface area (TPSA) is 767 Å². The van der Waals surface area contributed by atoms with Crippen molar-refractivity contribution < 1.29 is 134 Å². The number of carbonyl (C=O) groups is 12. The van der Waals surface area contributed by atoms with Gasteiger partial charge in [-0.1, -0.05) is 91.0 Å². The number of nitrogens with two attached hydrogens (primary N) is 6. The van der Waals surface area contributed by atoms with E-state index >= 15 is 0 Å². The molecule has 0 aliphatic rings. The number of hydrogen-bond acceptors (Lipinski definition) is 36. The number of nitro groups is 3. The van der Waals surface area contributed by atoms with Crippen LogP contribution in [0.2, 0.25) is 0 Å². The number of aliphatic carboxylic acids is 12. The van der Waals surface area contributed by atoms with Crippen molar-refractivity contribution in [2.75, 3.05) is 19.6 Å². The Morgan fingerprint density at radius 2 is 0.362 bits per heavy atom. The van der Waals surface area contributed by atoms with Crippen molar-refractivity contribution in [3.63, 3.8) is 0 Å². The molecule has 3 atom stereocenters. The van der Waals surface area contributed by atoms with E-state index in [9.17, 15) is 30.3 Å². The molecule has 0 heterocycles. The fourth-order valence-electron chi connectivity index (χ4n) is 3.48. The summed E-state index contributed by atoms with van der Waals surface area (Å²) in [4.78, 5) is 137. The summed E-state index contributed by atoms with van der Waals surface area (Å²) in [6, 6.07) is 27.2. The fraction of sp³-hybridized carbons (Fsp3) is 0.412. The largest absolute Gasteiger partial charge is 3.00 e. The van der Waals surface area contributed by atoms with Crippen LogP contribution in [0.25, 0.3) is 0 Å². The minimum atomic E-state index is -1.55. The van der Waals surface area contributed by atoms with Gasteiger partial charge >= 0.3 is 103 Å². The third-order valence-corrected chi connectivity index (χ3v) is 6.21. The number of carboxylic acid groups (broad SMARTS) is 12. The van der Waals surface area contributed by atoms with Gasteiger partial charge in [-0.15, -0.1) is 0 Å². The Labute approximate surface area is 615 Å². The smallest absolute Gasteiger partial charge is 0.550 e. The van der Waals surface area contributed by atoms with E-state index < -0.39 is 103 Å². The molecule has 39 nitrogen and oxygen atoms in total. The van der Waals surface area contributed by atoms with Gasteiger partial charge in [-0.05, 0) is 99.8 Å². The molecule has 0 radical (unpaired) electrons. The summed E-state index contributed by atoms with van der Waals surface area (Å²) in [5.74, 6) is -13.0. The van der Waals surface area contributed by atoms with E-state index in [2.05, 4.69) is 0 Å². The van der Waals surface area contributed by atoms with E-state index in [4.69, 9.17) is 153 Å². The Hall–Kier alpha value is -7.26. The summed E-state index contributed by atoms with van der Waals surface area (Å²) in [6.07, 6.45) is 0.450. The second-order valence-corrected chi connectivity index (χ2v) is 15.6. The van der Waals surface area contributed by atoms with Gasteiger partial charge in [0.05, 0.1) is 38.9 Å². The van der Waals surface area contributed by atoms with Gasteiger partial charge in [-0.3, -0.25) is 47.5 Å². The molecule has 12 N–H and O–H groups in total. The minimum absolute atomic E-state index is 0. The maximum Gasteiger partial charge on any atom is 3.00 e. The van der Waals surface area contributed by atoms with E-state index in [0.717, 1.165) is 99.8 Å². The van der Waals surface area contributed by atoms with Crippen LogP contribution in [0.5, 0.6) is 0 Å². The average molecular weight is 1750 g/mol. The van der Waals surface area contributed by atoms with Crippen LogP contribution in [-0.4, -0.2) is 226 Å². The number of carboxylic acids is 12. The monoisotopic (exact) mass is 1750 g/mol. The van der Waals surface area contributed by atoms with Crippen molar-refractivity contribution in [3.05, 3.63) is 138 Å². The molecule has 3 rings (SSSR count). The van der Waals surface area contributed by atoms with E-state index in [-0.39, 0.29) is 142 Å². The van der Waals surface area contributed by atoms with E-state index in [1.165, 1.54) is 0 Å². The standard InChI is InChI=1S/3C9H13N3O2.12C2H4O2.4In/c3*10-7-9(11,12(13)14)6-8-4-2-1-3-5-8;12*1-2(3)4;;;;/h3*1-5H,6-7,10-11H2;12*1H3,(H,3,4);;;;/q;;;;;;;;;;;;;;;4*+3/p-12. The fourth-order valence-corrected chi connectivity index (χ4v) is 3.48. The molecule has 0 amide bonds. The summed E-state index contributed by atoms with van der Waals surface area (Å²) < 4.78 is 0. The van der Waals surface area contributed by atoms with Gasteiger partial charge < -0.3 is 136 Å². The first kappa shape index (κ1) is 127. The quantitative estimate of drug-likeness (QED) is 0.0557. The van der Waals surface area contributed by atoms with Crippen LogP contribution in [0.15, 0.2) is 91.0 Å². The Kier molecular flexibility index (Phi) is 114. The molecule has 0 fully saturated rings. The molecule has 94 heavy (non-hydrogen) atoms. The summed E-state index contributed by atoms with van der Waals surface area (Å²) in [5, 5.41) is 139. The normalized spacial score (nSPS) is 9.77. The van der Waals surface area contributed by atoms with Crippen LogP contribution in [0.1, 0.15) is 99.8 Å². The Morgan fingerprint density at radius 3 is 0.426 bits per heavy atom. The first-order valence-corrected chi connectivity index (χ1v) is 23.7. The zero-order valence-corrected chi connectivity index (χ0v) is 66.4. The summed E-state index contributed by atoms with van der Waals surface area (Å²) in [5.41, 5.74) is 30.3. The van der Waals surface area contributed by atoms with Crippen molar-refractivity contribution in [2.24, 2.45) is 34.4 Å². The van der Waals surface area contributed by atoms with Crippen molar-refractivity contribution in [1.29, 1.82) is 0 Å². The maximum atomic E-state index is 10.7. The first-order chi connectivity index (χ1) is 40.5. The second kappa shape index (κ2) is 83.8. The van der Waals surface area contributed by atoms with Crippen LogP contribution in [0.4, 0.5) is 0 Å². The summed E-state index contributed by atoms with van der Waals surface area (Å²) in [6.45, 7) is 11.2. The van der Waals surface area contributed by atoms with Gasteiger partial charge in [0.2, 0.25) is 0 Å². The number of benzene rings is 3. The van der Waals surface area contributed by atoms with Crippen LogP contribution < -0.4 is 95.7 Å². The molecule has 3 unspecified atom stereocenters. The maximum absolute atomic E-state index is 10.7. The van der Waals surface area contributed by atoms with Gasteiger partial charge in [-0.25, -0.2) is 0 Å². The average Bonchev–Trinajstić information content (AvgIpc) is 3.33. The van der Waals surface area contributed by atoms with Gasteiger partial charge in [0.25, 0.3) is 17.0 Å². The van der Waals surface area contributed by atoms with E-state index in [1.54, 1.807) is 36.4 Å². The van der Waals surface area contributed by atoms with Gasteiger partial charge in [0.1, 0.15) is 0 Å². The third-order valence-electron chi connectivity index (χ3n) is 6.21. The zero-order valence-electron chi connectivity index (χ0n) is 53.3. The van der Waals surface area contributed by atoms with Crippen LogP contribution >= 0.6 is 0 Å². The summed E-state index contributed by atoms with van der Waals surface area (Å²) >= 11 is 0. The molecular weight excluding hydrogens is 1680 g/mol. The molecule has 0 saturated carbocycles. The molecule has 43 heteroatoms. The van der Waals surface area contributed by atoms with Crippen LogP contribution in [0.3, 0.4) is 0 Å². The van der Waals surface area contributed by atoms with E-state index in [0.29, 0.717) is 0 Å². The van der Waals surface area contributed by atoms with Crippen molar-refractivity contribution in [2.45, 2.75) is 119 Å². The SMILES string of the molecule is CC(=O)[O-].CC(=O)[O-].CC(=O)[O-].CC(=O)[O-].CC(=O)[O-].CC(=O)[O-].CC(=O)[O-].CC(=O)[O-].CC(=O)[O-].CC(=O)[O-].CC(=O)[O-].CC(=O)[O-].NCC(N)(Cc1ccccc1)[N+](=O)[O-].NCC(N)(Cc1ccccc1)[N+](=O)[O-].NCC(N)(Cc1ccccc1)[N+](=O)[O-].[In+3].[In+3].[In+3].[In+3]. The molecule has 3 aromatic rings. The predicted molar refractivity (Wildman–Crippen MR) is 311 cm³/mol. The van der Waals surface area contributed by atoms with Crippen LogP contribution in [-0.2, 0) is 76.8 Å². The molecule has 0 spiro atoms. The summed E-state index contributed by atoms with van der Waals surface area (Å²) in [7, 11) is 0. The molecule has 0 saturated heterocycles. The van der Waals surface area contributed by atoms with Gasteiger partial charge in [-0.2, -0.15) is 0 Å².